The van der Waals surface area contributed by atoms with Crippen LogP contribution in [0.2, 0.25) is 0 Å². The molecule has 4 N–H and O–H groups in total. The van der Waals surface area contributed by atoms with Crippen LogP contribution in [0.25, 0.3) is 11.0 Å². The number of imidazole rings is 1. The number of carboxylic acid groups (broad SMARTS) is 1. The number of anilines is 2. The molecular formula is C33H48LiN5O6. The molecule has 0 atom stereocenters. The van der Waals surface area contributed by atoms with Crippen molar-refractivity contribution in [1.82, 2.24) is 19.8 Å². The molecule has 0 saturated heterocycles. The average Bonchev–Trinajstić information content (AvgIpc) is 3.25. The van der Waals surface area contributed by atoms with Crippen molar-refractivity contribution in [3.05, 3.63) is 53.6 Å². The van der Waals surface area contributed by atoms with Crippen LogP contribution < -0.4 is 29.5 Å². The van der Waals surface area contributed by atoms with Gasteiger partial charge in [-0.1, -0.05) is 27.7 Å². The number of hydrogen-bond donors (Lipinski definition) is 3. The summed E-state index contributed by atoms with van der Waals surface area (Å²) in [6.07, 6.45) is 1.98. The third-order valence-electron chi connectivity index (χ3n) is 6.85. The second-order valence-corrected chi connectivity index (χ2v) is 12.7. The molecule has 0 aliphatic heterocycles. The van der Waals surface area contributed by atoms with Crippen molar-refractivity contribution in [1.29, 1.82) is 0 Å². The minimum Gasteiger partial charge on any atom is -0.870 e. The van der Waals surface area contributed by atoms with E-state index in [4.69, 9.17) is 9.72 Å². The number of carboxylic acids is 1. The predicted octanol–water partition coefficient (Wildman–Crippen LogP) is 3.75. The van der Waals surface area contributed by atoms with Gasteiger partial charge in [-0.05, 0) is 94.3 Å². The van der Waals surface area contributed by atoms with Crippen LogP contribution in [0.5, 0.6) is 0 Å². The summed E-state index contributed by atoms with van der Waals surface area (Å²) in [5.41, 5.74) is 2.40. The smallest absolute Gasteiger partial charge is 0.870 e. The van der Waals surface area contributed by atoms with E-state index in [-0.39, 0.29) is 35.8 Å². The van der Waals surface area contributed by atoms with E-state index in [1.807, 2.05) is 48.4 Å². The molecule has 0 aliphatic carbocycles. The van der Waals surface area contributed by atoms with E-state index in [2.05, 4.69) is 38.3 Å². The summed E-state index contributed by atoms with van der Waals surface area (Å²) >= 11 is 0. The molecule has 1 aromatic heterocycles. The maximum atomic E-state index is 13.7. The second-order valence-electron chi connectivity index (χ2n) is 12.7. The summed E-state index contributed by atoms with van der Waals surface area (Å²) in [5.74, 6) is 0.540. The average molecular weight is 618 g/mol. The van der Waals surface area contributed by atoms with Crippen LogP contribution in [0.1, 0.15) is 88.4 Å². The van der Waals surface area contributed by atoms with E-state index in [9.17, 15) is 19.5 Å². The fourth-order valence-corrected chi connectivity index (χ4v) is 4.47. The molecule has 0 spiro atoms. The van der Waals surface area contributed by atoms with E-state index >= 15 is 0 Å². The Balaban J connectivity index is 0.00000506. The summed E-state index contributed by atoms with van der Waals surface area (Å²) in [6.45, 7) is 16.4. The number of carbonyl (C=O) groups is 3. The standard InChI is InChI=1S/C33H47N5O5.Li.H2O/c1-22(2)15-19-37(20-16-23(3)4)29(39)25-11-14-27-28(21-25)38(18-8-17-34-32(42)43-33(5,6)7)31(36-27)35-26-12-9-24(10-13-26)30(40)41;;/h9-14,21-23H,8,15-20H2,1-7H3,(H,34,42)(H,35,36)(H,40,41);;1H2/q;+1;/p-1. The summed E-state index contributed by atoms with van der Waals surface area (Å²) < 4.78 is 7.33. The number of ether oxygens (including phenoxy) is 1. The number of amides is 2. The van der Waals surface area contributed by atoms with Crippen LogP contribution in [-0.4, -0.2) is 68.2 Å². The summed E-state index contributed by atoms with van der Waals surface area (Å²) in [6, 6.07) is 12.0. The number of fused-ring (bicyclic) bond motifs is 1. The molecule has 0 radical (unpaired) electrons. The van der Waals surface area contributed by atoms with Crippen molar-refractivity contribution in [2.75, 3.05) is 25.0 Å². The van der Waals surface area contributed by atoms with Crippen molar-refractivity contribution in [2.45, 2.75) is 79.9 Å². The van der Waals surface area contributed by atoms with Gasteiger partial charge in [0.1, 0.15) is 5.60 Å². The van der Waals surface area contributed by atoms with Crippen molar-refractivity contribution in [3.8, 4) is 0 Å². The molecule has 12 heteroatoms. The second kappa shape index (κ2) is 17.8. The number of aryl methyl sites for hydroxylation is 1. The molecule has 242 valence electrons. The maximum absolute atomic E-state index is 13.7. The Kier molecular flexibility index (Phi) is 15.7. The van der Waals surface area contributed by atoms with Gasteiger partial charge in [-0.2, -0.15) is 0 Å². The van der Waals surface area contributed by atoms with Gasteiger partial charge in [-0.15, -0.1) is 0 Å². The first-order valence-corrected chi connectivity index (χ1v) is 15.1. The number of rotatable bonds is 14. The summed E-state index contributed by atoms with van der Waals surface area (Å²) in [7, 11) is 0. The van der Waals surface area contributed by atoms with Crippen molar-refractivity contribution < 1.29 is 48.6 Å². The van der Waals surface area contributed by atoms with Gasteiger partial charge in [0.15, 0.2) is 0 Å². The SMILES string of the molecule is CC(C)CCN(CCC(C)C)C(=O)c1ccc2nc(Nc3ccc(C(=O)O)cc3)n(CCCNC(=O)OC(C)(C)C)c2c1.[Li+].[OH-]. The number of nitrogens with zero attached hydrogens (tertiary/aromatic N) is 3. The van der Waals surface area contributed by atoms with Crippen molar-refractivity contribution in [2.24, 2.45) is 11.8 Å². The van der Waals surface area contributed by atoms with E-state index in [1.165, 1.54) is 12.1 Å². The minimum atomic E-state index is -0.996. The zero-order chi connectivity index (χ0) is 31.7. The minimum absolute atomic E-state index is 0. The van der Waals surface area contributed by atoms with Crippen LogP contribution in [0, 0.1) is 11.8 Å². The number of benzene rings is 2. The molecule has 45 heavy (non-hydrogen) atoms. The number of aromatic nitrogens is 2. The van der Waals surface area contributed by atoms with Gasteiger partial charge < -0.3 is 35.4 Å². The molecular weight excluding hydrogens is 569 g/mol. The number of nitrogens with one attached hydrogen (secondary N) is 2. The molecule has 1 heterocycles. The molecule has 0 unspecified atom stereocenters. The fraction of sp³-hybridized carbons (Fsp3) is 0.515. The van der Waals surface area contributed by atoms with Crippen LogP contribution in [0.4, 0.5) is 16.4 Å². The number of hydrogen-bond acceptors (Lipinski definition) is 7. The Morgan fingerprint density at radius 1 is 0.956 bits per heavy atom. The Bertz CT molecular complexity index is 1390. The van der Waals surface area contributed by atoms with Crippen LogP contribution >= 0.6 is 0 Å². The third-order valence-corrected chi connectivity index (χ3v) is 6.85. The molecule has 11 nitrogen and oxygen atoms in total. The van der Waals surface area contributed by atoms with Gasteiger partial charge in [-0.3, -0.25) is 4.79 Å². The van der Waals surface area contributed by atoms with E-state index < -0.39 is 17.7 Å². The van der Waals surface area contributed by atoms with E-state index in [0.29, 0.717) is 61.6 Å². The van der Waals surface area contributed by atoms with Gasteiger partial charge >= 0.3 is 30.9 Å². The van der Waals surface area contributed by atoms with Gasteiger partial charge in [-0.25, -0.2) is 14.6 Å². The zero-order valence-electron chi connectivity index (χ0n) is 28.0. The quantitative estimate of drug-likeness (QED) is 0.182. The monoisotopic (exact) mass is 617 g/mol. The maximum Gasteiger partial charge on any atom is 1.00 e. The zero-order valence-corrected chi connectivity index (χ0v) is 28.0. The summed E-state index contributed by atoms with van der Waals surface area (Å²) in [4.78, 5) is 43.9. The molecule has 3 aromatic rings. The first-order valence-electron chi connectivity index (χ1n) is 15.1. The van der Waals surface area contributed by atoms with Gasteiger partial charge in [0.05, 0.1) is 16.6 Å². The van der Waals surface area contributed by atoms with Gasteiger partial charge in [0.25, 0.3) is 5.91 Å². The Labute approximate surface area is 278 Å². The molecule has 2 aromatic carbocycles. The largest absolute Gasteiger partial charge is 1.00 e. The van der Waals surface area contributed by atoms with Gasteiger partial charge in [0.2, 0.25) is 5.95 Å². The molecule has 0 bridgehead atoms. The Morgan fingerprint density at radius 3 is 2.07 bits per heavy atom. The first kappa shape index (κ1) is 39.5. The Hall–Kier alpha value is -3.52. The fourth-order valence-electron chi connectivity index (χ4n) is 4.47. The number of aromatic carboxylic acids is 1. The van der Waals surface area contributed by atoms with Crippen molar-refractivity contribution in [3.63, 3.8) is 0 Å². The molecule has 3 rings (SSSR count). The molecule has 2 amide bonds. The molecule has 0 saturated carbocycles. The summed E-state index contributed by atoms with van der Waals surface area (Å²) in [5, 5.41) is 15.3. The van der Waals surface area contributed by atoms with Gasteiger partial charge in [0, 0.05) is 37.4 Å². The molecule has 0 fully saturated rings. The predicted molar refractivity (Wildman–Crippen MR) is 172 cm³/mol. The number of alkyl carbamates (subject to hydrolysis) is 1. The molecule has 0 aliphatic rings. The van der Waals surface area contributed by atoms with Crippen LogP contribution in [-0.2, 0) is 11.3 Å². The Morgan fingerprint density at radius 2 is 1.53 bits per heavy atom. The third kappa shape index (κ3) is 12.4. The van der Waals surface area contributed by atoms with Crippen molar-refractivity contribution >= 4 is 40.6 Å². The van der Waals surface area contributed by atoms with Crippen LogP contribution in [0.3, 0.4) is 0 Å². The first-order chi connectivity index (χ1) is 20.2. The van der Waals surface area contributed by atoms with E-state index in [1.54, 1.807) is 12.1 Å². The van der Waals surface area contributed by atoms with E-state index in [0.717, 1.165) is 23.9 Å². The van der Waals surface area contributed by atoms with Crippen LogP contribution in [0.15, 0.2) is 42.5 Å². The normalized spacial score (nSPS) is 11.1. The topological polar surface area (TPSA) is 156 Å². The number of carbonyl (C=O) groups excluding carboxylic acids is 2.